The van der Waals surface area contributed by atoms with Crippen LogP contribution in [-0.2, 0) is 11.0 Å². The number of benzene rings is 1. The first-order valence-corrected chi connectivity index (χ1v) is 6.66. The van der Waals surface area contributed by atoms with Crippen LogP contribution in [0, 0.1) is 0 Å². The first-order chi connectivity index (χ1) is 10.2. The first kappa shape index (κ1) is 16.1. The summed E-state index contributed by atoms with van der Waals surface area (Å²) in [5.74, 6) is -0.148. The Bertz CT molecular complexity index is 572. The number of carbonyl (C=O) groups is 2. The average Bonchev–Trinajstić information content (AvgIpc) is 2.78. The Labute approximate surface area is 125 Å². The number of hydrogen-bond acceptors (Lipinski definition) is 2. The van der Waals surface area contributed by atoms with Crippen molar-refractivity contribution in [1.29, 1.82) is 0 Å². The zero-order valence-corrected chi connectivity index (χ0v) is 12.1. The summed E-state index contributed by atoms with van der Waals surface area (Å²) in [7, 11) is 3.14. The van der Waals surface area contributed by atoms with E-state index in [0.29, 0.717) is 13.0 Å². The highest BCUT2D eigenvalue weighted by molar-refractivity contribution is 5.94. The number of halogens is 3. The molecule has 1 heterocycles. The molecule has 1 saturated heterocycles. The van der Waals surface area contributed by atoms with Crippen molar-refractivity contribution in [3.63, 3.8) is 0 Å². The Hall–Kier alpha value is -2.25. The van der Waals surface area contributed by atoms with E-state index in [1.54, 1.807) is 7.05 Å². The van der Waals surface area contributed by atoms with Crippen molar-refractivity contribution in [2.75, 3.05) is 26.0 Å². The van der Waals surface area contributed by atoms with E-state index in [9.17, 15) is 22.8 Å². The Morgan fingerprint density at radius 3 is 2.36 bits per heavy atom. The molecule has 2 rings (SSSR count). The smallest absolute Gasteiger partial charge is 0.344 e. The fraction of sp³-hybridized carbons (Fsp3) is 0.429. The molecule has 1 aliphatic heterocycles. The second kappa shape index (κ2) is 5.86. The Morgan fingerprint density at radius 2 is 1.91 bits per heavy atom. The van der Waals surface area contributed by atoms with Gasteiger partial charge in [-0.1, -0.05) is 0 Å². The molecule has 0 radical (unpaired) electrons. The van der Waals surface area contributed by atoms with Gasteiger partial charge in [-0.2, -0.15) is 13.2 Å². The highest BCUT2D eigenvalue weighted by Crippen LogP contribution is 2.29. The number of nitrogens with zero attached hydrogens (tertiary/aromatic N) is 2. The molecule has 0 bridgehead atoms. The van der Waals surface area contributed by atoms with Crippen LogP contribution in [0.1, 0.15) is 12.0 Å². The van der Waals surface area contributed by atoms with E-state index in [4.69, 9.17) is 0 Å². The summed E-state index contributed by atoms with van der Waals surface area (Å²) in [4.78, 5) is 26.7. The third-order valence-corrected chi connectivity index (χ3v) is 3.65. The maximum absolute atomic E-state index is 12.5. The number of rotatable bonds is 2. The molecule has 5 nitrogen and oxygen atoms in total. The molecule has 0 spiro atoms. The fourth-order valence-corrected chi connectivity index (χ4v) is 2.26. The predicted molar refractivity (Wildman–Crippen MR) is 74.3 cm³/mol. The van der Waals surface area contributed by atoms with E-state index >= 15 is 0 Å². The number of likely N-dealkylation sites (N-methyl/N-ethyl adjacent to an activating group) is 2. The topological polar surface area (TPSA) is 52.6 Å². The van der Waals surface area contributed by atoms with Gasteiger partial charge in [-0.15, -0.1) is 0 Å². The third kappa shape index (κ3) is 3.32. The van der Waals surface area contributed by atoms with Crippen LogP contribution in [0.4, 0.5) is 23.7 Å². The van der Waals surface area contributed by atoms with E-state index < -0.39 is 23.8 Å². The van der Waals surface area contributed by atoms with E-state index in [2.05, 4.69) is 5.32 Å². The van der Waals surface area contributed by atoms with Crippen LogP contribution in [0.5, 0.6) is 0 Å². The van der Waals surface area contributed by atoms with Gasteiger partial charge in [-0.05, 0) is 30.7 Å². The van der Waals surface area contributed by atoms with Gasteiger partial charge in [-0.25, -0.2) is 4.79 Å². The molecular weight excluding hydrogens is 299 g/mol. The van der Waals surface area contributed by atoms with Crippen molar-refractivity contribution in [2.24, 2.45) is 0 Å². The van der Waals surface area contributed by atoms with Crippen LogP contribution >= 0.6 is 0 Å². The summed E-state index contributed by atoms with van der Waals surface area (Å²) in [5, 5.41) is 2.48. The SMILES string of the molecule is CN1CC[C@@H](N(C)C(=O)Nc2ccc(C(F)(F)F)cc2)C1=O. The van der Waals surface area contributed by atoms with Gasteiger partial charge in [0.1, 0.15) is 6.04 Å². The van der Waals surface area contributed by atoms with E-state index in [1.807, 2.05) is 0 Å². The number of amides is 3. The molecule has 1 aliphatic rings. The zero-order valence-electron chi connectivity index (χ0n) is 12.1. The maximum Gasteiger partial charge on any atom is 0.416 e. The molecule has 0 aromatic heterocycles. The van der Waals surface area contributed by atoms with Gasteiger partial charge in [0.05, 0.1) is 5.56 Å². The number of carbonyl (C=O) groups excluding carboxylic acids is 2. The quantitative estimate of drug-likeness (QED) is 0.911. The summed E-state index contributed by atoms with van der Waals surface area (Å²) in [6.45, 7) is 0.571. The molecule has 1 aromatic carbocycles. The average molecular weight is 315 g/mol. The predicted octanol–water partition coefficient (Wildman–Crippen LogP) is 2.40. The Morgan fingerprint density at radius 1 is 1.32 bits per heavy atom. The second-order valence-corrected chi connectivity index (χ2v) is 5.18. The van der Waals surface area contributed by atoms with Crippen molar-refractivity contribution in [2.45, 2.75) is 18.6 Å². The molecule has 3 amide bonds. The third-order valence-electron chi connectivity index (χ3n) is 3.65. The van der Waals surface area contributed by atoms with E-state index in [1.165, 1.54) is 29.0 Å². The monoisotopic (exact) mass is 315 g/mol. The summed E-state index contributed by atoms with van der Waals surface area (Å²) >= 11 is 0. The first-order valence-electron chi connectivity index (χ1n) is 6.66. The highest BCUT2D eigenvalue weighted by atomic mass is 19.4. The lowest BCUT2D eigenvalue weighted by Crippen LogP contribution is -2.44. The van der Waals surface area contributed by atoms with Crippen molar-refractivity contribution in [3.8, 4) is 0 Å². The summed E-state index contributed by atoms with van der Waals surface area (Å²) in [6.07, 6.45) is -3.88. The molecule has 1 fully saturated rings. The Balaban J connectivity index is 2.01. The van der Waals surface area contributed by atoms with Gasteiger partial charge >= 0.3 is 12.2 Å². The van der Waals surface area contributed by atoms with Crippen molar-refractivity contribution >= 4 is 17.6 Å². The second-order valence-electron chi connectivity index (χ2n) is 5.18. The standard InChI is InChI=1S/C14H16F3N3O2/c1-19-8-7-11(12(19)21)20(2)13(22)18-10-5-3-9(4-6-10)14(15,16)17/h3-6,11H,7-8H2,1-2H3,(H,18,22)/t11-/m1/s1. The lowest BCUT2D eigenvalue weighted by molar-refractivity contribution is -0.137. The van der Waals surface area contributed by atoms with Gasteiger partial charge in [0.15, 0.2) is 0 Å². The Kier molecular flexibility index (Phi) is 4.30. The summed E-state index contributed by atoms with van der Waals surface area (Å²) in [5.41, 5.74) is -0.546. The van der Waals surface area contributed by atoms with Crippen LogP contribution in [0.15, 0.2) is 24.3 Å². The maximum atomic E-state index is 12.5. The minimum Gasteiger partial charge on any atom is -0.344 e. The zero-order chi connectivity index (χ0) is 16.5. The van der Waals surface area contributed by atoms with Crippen LogP contribution < -0.4 is 5.32 Å². The largest absolute Gasteiger partial charge is 0.416 e. The fourth-order valence-electron chi connectivity index (χ4n) is 2.26. The normalized spacial score (nSPS) is 18.5. The minimum atomic E-state index is -4.42. The molecule has 0 unspecified atom stereocenters. The molecular formula is C14H16F3N3O2. The molecule has 8 heteroatoms. The summed E-state index contributed by atoms with van der Waals surface area (Å²) in [6, 6.07) is 3.07. The van der Waals surface area contributed by atoms with Gasteiger partial charge < -0.3 is 15.1 Å². The summed E-state index contributed by atoms with van der Waals surface area (Å²) < 4.78 is 37.4. The van der Waals surface area contributed by atoms with Crippen LogP contribution in [0.25, 0.3) is 0 Å². The van der Waals surface area contributed by atoms with Crippen LogP contribution in [0.2, 0.25) is 0 Å². The molecule has 0 saturated carbocycles. The lowest BCUT2D eigenvalue weighted by atomic mass is 10.2. The van der Waals surface area contributed by atoms with Crippen molar-refractivity contribution in [1.82, 2.24) is 9.80 Å². The molecule has 0 aliphatic carbocycles. The molecule has 1 N–H and O–H groups in total. The van der Waals surface area contributed by atoms with Crippen molar-refractivity contribution in [3.05, 3.63) is 29.8 Å². The number of likely N-dealkylation sites (tertiary alicyclic amines) is 1. The molecule has 1 aromatic rings. The molecule has 22 heavy (non-hydrogen) atoms. The number of anilines is 1. The molecule has 120 valence electrons. The van der Waals surface area contributed by atoms with Gasteiger partial charge in [0, 0.05) is 26.3 Å². The highest BCUT2D eigenvalue weighted by Gasteiger charge is 2.34. The minimum absolute atomic E-state index is 0.148. The number of nitrogens with one attached hydrogen (secondary N) is 1. The van der Waals surface area contributed by atoms with Gasteiger partial charge in [-0.3, -0.25) is 4.79 Å². The van der Waals surface area contributed by atoms with Gasteiger partial charge in [0.25, 0.3) is 0 Å². The van der Waals surface area contributed by atoms with Crippen LogP contribution in [0.3, 0.4) is 0 Å². The number of hydrogen-bond donors (Lipinski definition) is 1. The van der Waals surface area contributed by atoms with Crippen molar-refractivity contribution < 1.29 is 22.8 Å². The van der Waals surface area contributed by atoms with E-state index in [0.717, 1.165) is 12.1 Å². The molecule has 1 atom stereocenters. The lowest BCUT2D eigenvalue weighted by Gasteiger charge is -2.23. The van der Waals surface area contributed by atoms with Crippen LogP contribution in [-0.4, -0.2) is 48.4 Å². The van der Waals surface area contributed by atoms with E-state index in [-0.39, 0.29) is 11.6 Å². The number of urea groups is 1. The van der Waals surface area contributed by atoms with Gasteiger partial charge in [0.2, 0.25) is 5.91 Å². The number of alkyl halides is 3.